The number of hydrogen-bond acceptors (Lipinski definition) is 4. The Kier molecular flexibility index (Phi) is 4.18. The van der Waals surface area contributed by atoms with Crippen LogP contribution in [0.15, 0.2) is 30.3 Å². The maximum Gasteiger partial charge on any atom is 0.249 e. The van der Waals surface area contributed by atoms with Gasteiger partial charge < -0.3 is 4.90 Å². The Hall–Kier alpha value is -2.24. The second kappa shape index (κ2) is 6.25. The smallest absolute Gasteiger partial charge is 0.249 e. The summed E-state index contributed by atoms with van der Waals surface area (Å²) in [7, 11) is 0. The highest BCUT2D eigenvalue weighted by Crippen LogP contribution is 2.19. The van der Waals surface area contributed by atoms with E-state index in [0.29, 0.717) is 11.7 Å². The number of carbonyl (C=O) groups is 1. The summed E-state index contributed by atoms with van der Waals surface area (Å²) in [6.45, 7) is 5.67. The molecule has 1 fully saturated rings. The Bertz CT molecular complexity index is 639. The SMILES string of the molecule is CC1CCCN(C(=O)C(C)n2nnc(-c3ccccc3)n2)C1. The number of benzene rings is 1. The molecule has 0 aliphatic carbocycles. The fraction of sp³-hybridized carbons (Fsp3) is 0.500. The van der Waals surface area contributed by atoms with E-state index < -0.39 is 6.04 Å². The molecule has 1 aliphatic heterocycles. The average molecular weight is 299 g/mol. The van der Waals surface area contributed by atoms with Gasteiger partial charge in [-0.25, -0.2) is 0 Å². The van der Waals surface area contributed by atoms with Gasteiger partial charge in [0.25, 0.3) is 0 Å². The van der Waals surface area contributed by atoms with Gasteiger partial charge in [-0.05, 0) is 30.9 Å². The monoisotopic (exact) mass is 299 g/mol. The lowest BCUT2D eigenvalue weighted by Gasteiger charge is -2.32. The van der Waals surface area contributed by atoms with Crippen LogP contribution in [0.1, 0.15) is 32.7 Å². The topological polar surface area (TPSA) is 63.9 Å². The van der Waals surface area contributed by atoms with Crippen molar-refractivity contribution in [3.63, 3.8) is 0 Å². The highest BCUT2D eigenvalue weighted by Gasteiger charge is 2.27. The van der Waals surface area contributed by atoms with Crippen molar-refractivity contribution in [1.82, 2.24) is 25.1 Å². The Morgan fingerprint density at radius 1 is 1.32 bits per heavy atom. The lowest BCUT2D eigenvalue weighted by Crippen LogP contribution is -2.42. The Balaban J connectivity index is 1.74. The lowest BCUT2D eigenvalue weighted by molar-refractivity contribution is -0.136. The third-order valence-electron chi connectivity index (χ3n) is 4.13. The Labute approximate surface area is 130 Å². The van der Waals surface area contributed by atoms with Crippen molar-refractivity contribution in [1.29, 1.82) is 0 Å². The van der Waals surface area contributed by atoms with Gasteiger partial charge in [0.1, 0.15) is 6.04 Å². The average Bonchev–Trinajstić information content (AvgIpc) is 3.04. The molecule has 2 heterocycles. The van der Waals surface area contributed by atoms with E-state index in [9.17, 15) is 4.79 Å². The zero-order chi connectivity index (χ0) is 15.5. The summed E-state index contributed by atoms with van der Waals surface area (Å²) in [6, 6.07) is 9.24. The van der Waals surface area contributed by atoms with Crippen LogP contribution in [0.2, 0.25) is 0 Å². The predicted molar refractivity (Wildman–Crippen MR) is 82.9 cm³/mol. The van der Waals surface area contributed by atoms with E-state index in [1.807, 2.05) is 42.2 Å². The van der Waals surface area contributed by atoms with E-state index in [-0.39, 0.29) is 5.91 Å². The van der Waals surface area contributed by atoms with Gasteiger partial charge >= 0.3 is 0 Å². The van der Waals surface area contributed by atoms with Crippen molar-refractivity contribution in [2.45, 2.75) is 32.7 Å². The predicted octanol–water partition coefficient (Wildman–Crippen LogP) is 2.16. The largest absolute Gasteiger partial charge is 0.341 e. The van der Waals surface area contributed by atoms with E-state index in [0.717, 1.165) is 25.1 Å². The molecule has 1 amide bonds. The maximum absolute atomic E-state index is 12.6. The summed E-state index contributed by atoms with van der Waals surface area (Å²) in [5, 5.41) is 12.5. The van der Waals surface area contributed by atoms with Crippen molar-refractivity contribution in [2.24, 2.45) is 5.92 Å². The minimum absolute atomic E-state index is 0.0727. The minimum Gasteiger partial charge on any atom is -0.341 e. The molecule has 3 rings (SSSR count). The van der Waals surface area contributed by atoms with Gasteiger partial charge in [-0.3, -0.25) is 4.79 Å². The van der Waals surface area contributed by atoms with Gasteiger partial charge in [0.05, 0.1) is 0 Å². The van der Waals surface area contributed by atoms with Crippen LogP contribution < -0.4 is 0 Å². The maximum atomic E-state index is 12.6. The number of rotatable bonds is 3. The van der Waals surface area contributed by atoms with Crippen LogP contribution in [0.25, 0.3) is 11.4 Å². The molecule has 0 N–H and O–H groups in total. The second-order valence-electron chi connectivity index (χ2n) is 6.01. The first-order valence-electron chi connectivity index (χ1n) is 7.79. The van der Waals surface area contributed by atoms with Crippen LogP contribution in [0.4, 0.5) is 0 Å². The summed E-state index contributed by atoms with van der Waals surface area (Å²) < 4.78 is 0. The van der Waals surface area contributed by atoms with E-state index in [1.54, 1.807) is 0 Å². The zero-order valence-electron chi connectivity index (χ0n) is 13.0. The van der Waals surface area contributed by atoms with E-state index in [1.165, 1.54) is 11.2 Å². The van der Waals surface area contributed by atoms with Crippen LogP contribution in [0.3, 0.4) is 0 Å². The van der Waals surface area contributed by atoms with E-state index in [4.69, 9.17) is 0 Å². The van der Waals surface area contributed by atoms with Gasteiger partial charge in [-0.1, -0.05) is 37.3 Å². The van der Waals surface area contributed by atoms with Crippen molar-refractivity contribution in [3.05, 3.63) is 30.3 Å². The molecule has 0 bridgehead atoms. The number of amides is 1. The molecule has 2 atom stereocenters. The molecule has 1 aromatic carbocycles. The van der Waals surface area contributed by atoms with Crippen LogP contribution >= 0.6 is 0 Å². The number of carbonyl (C=O) groups excluding carboxylic acids is 1. The van der Waals surface area contributed by atoms with Crippen LogP contribution in [-0.2, 0) is 4.79 Å². The first-order valence-corrected chi connectivity index (χ1v) is 7.79. The molecule has 2 unspecified atom stereocenters. The van der Waals surface area contributed by atoms with Crippen LogP contribution in [0, 0.1) is 5.92 Å². The lowest BCUT2D eigenvalue weighted by atomic mass is 10.00. The van der Waals surface area contributed by atoms with Crippen LogP contribution in [0.5, 0.6) is 0 Å². The standard InChI is InChI=1S/C16H21N5O/c1-12-7-6-10-20(11-12)16(22)13(2)21-18-15(17-19-21)14-8-4-3-5-9-14/h3-5,8-9,12-13H,6-7,10-11H2,1-2H3. The fourth-order valence-electron chi connectivity index (χ4n) is 2.84. The van der Waals surface area contributed by atoms with Crippen molar-refractivity contribution in [2.75, 3.05) is 13.1 Å². The molecule has 0 saturated carbocycles. The van der Waals surface area contributed by atoms with Gasteiger partial charge in [0.2, 0.25) is 11.7 Å². The highest BCUT2D eigenvalue weighted by molar-refractivity contribution is 5.80. The fourth-order valence-corrected chi connectivity index (χ4v) is 2.84. The molecular weight excluding hydrogens is 278 g/mol. The Morgan fingerprint density at radius 3 is 2.82 bits per heavy atom. The third-order valence-corrected chi connectivity index (χ3v) is 4.13. The molecule has 0 spiro atoms. The van der Waals surface area contributed by atoms with Gasteiger partial charge in [-0.15, -0.1) is 10.2 Å². The summed E-state index contributed by atoms with van der Waals surface area (Å²) in [4.78, 5) is 15.9. The molecule has 2 aromatic rings. The first kappa shape index (κ1) is 14.7. The summed E-state index contributed by atoms with van der Waals surface area (Å²) in [6.07, 6.45) is 2.26. The van der Waals surface area contributed by atoms with Gasteiger partial charge in [-0.2, -0.15) is 4.80 Å². The highest BCUT2D eigenvalue weighted by atomic mass is 16.2. The summed E-state index contributed by atoms with van der Waals surface area (Å²) in [5.41, 5.74) is 0.903. The number of likely N-dealkylation sites (tertiary alicyclic amines) is 1. The normalized spacial score (nSPS) is 19.9. The molecule has 1 aromatic heterocycles. The van der Waals surface area contributed by atoms with E-state index in [2.05, 4.69) is 22.3 Å². The van der Waals surface area contributed by atoms with Crippen LogP contribution in [-0.4, -0.2) is 44.1 Å². The molecule has 116 valence electrons. The number of nitrogens with zero attached hydrogens (tertiary/aromatic N) is 5. The molecule has 0 radical (unpaired) electrons. The minimum atomic E-state index is -0.421. The molecule has 6 heteroatoms. The van der Waals surface area contributed by atoms with Crippen molar-refractivity contribution < 1.29 is 4.79 Å². The second-order valence-corrected chi connectivity index (χ2v) is 6.01. The quantitative estimate of drug-likeness (QED) is 0.871. The molecule has 1 saturated heterocycles. The van der Waals surface area contributed by atoms with Crippen molar-refractivity contribution in [3.8, 4) is 11.4 Å². The molecule has 6 nitrogen and oxygen atoms in total. The zero-order valence-corrected chi connectivity index (χ0v) is 13.0. The number of hydrogen-bond donors (Lipinski definition) is 0. The molecular formula is C16H21N5O. The molecule has 1 aliphatic rings. The summed E-state index contributed by atoms with van der Waals surface area (Å²) in [5.74, 6) is 1.18. The first-order chi connectivity index (χ1) is 10.6. The number of piperidine rings is 1. The van der Waals surface area contributed by atoms with Gasteiger partial charge in [0.15, 0.2) is 0 Å². The molecule has 22 heavy (non-hydrogen) atoms. The summed E-state index contributed by atoms with van der Waals surface area (Å²) >= 11 is 0. The van der Waals surface area contributed by atoms with Gasteiger partial charge in [0, 0.05) is 18.7 Å². The number of aromatic nitrogens is 4. The third kappa shape index (κ3) is 3.00. The Morgan fingerprint density at radius 2 is 2.09 bits per heavy atom. The number of tetrazole rings is 1. The van der Waals surface area contributed by atoms with E-state index >= 15 is 0 Å². The van der Waals surface area contributed by atoms with Crippen molar-refractivity contribution >= 4 is 5.91 Å².